The van der Waals surface area contributed by atoms with Crippen molar-refractivity contribution in [3.8, 4) is 0 Å². The first kappa shape index (κ1) is 23.2. The molecule has 31 heavy (non-hydrogen) atoms. The van der Waals surface area contributed by atoms with Gasteiger partial charge in [0, 0.05) is 37.6 Å². The van der Waals surface area contributed by atoms with Gasteiger partial charge in [-0.05, 0) is 125 Å². The van der Waals surface area contributed by atoms with E-state index in [1.54, 1.807) is 0 Å². The van der Waals surface area contributed by atoms with Crippen LogP contribution in [0.3, 0.4) is 0 Å². The number of benzene rings is 2. The second kappa shape index (κ2) is 10.2. The minimum absolute atomic E-state index is 1.04. The fourth-order valence-electron chi connectivity index (χ4n) is 5.03. The lowest BCUT2D eigenvalue weighted by Crippen LogP contribution is -2.22. The maximum Gasteiger partial charge on any atom is 0.0369 e. The van der Waals surface area contributed by atoms with Gasteiger partial charge in [0.25, 0.3) is 0 Å². The van der Waals surface area contributed by atoms with Crippen LogP contribution in [-0.4, -0.2) is 26.2 Å². The quantitative estimate of drug-likeness (QED) is 0.436. The molecular formula is C29H40N2. The van der Waals surface area contributed by atoms with Crippen molar-refractivity contribution in [1.29, 1.82) is 0 Å². The van der Waals surface area contributed by atoms with Gasteiger partial charge in [0.2, 0.25) is 0 Å². The Morgan fingerprint density at radius 2 is 1.16 bits per heavy atom. The molecule has 2 heteroatoms. The Kier molecular flexibility index (Phi) is 7.64. The third-order valence-corrected chi connectivity index (χ3v) is 6.81. The van der Waals surface area contributed by atoms with E-state index in [1.165, 1.54) is 50.3 Å². The fourth-order valence-corrected chi connectivity index (χ4v) is 5.03. The highest BCUT2D eigenvalue weighted by Gasteiger charge is 2.20. The number of aryl methyl sites for hydroxylation is 2. The summed E-state index contributed by atoms with van der Waals surface area (Å²) >= 11 is 0. The highest BCUT2D eigenvalue weighted by Crippen LogP contribution is 2.41. The smallest absolute Gasteiger partial charge is 0.0369 e. The van der Waals surface area contributed by atoms with E-state index in [9.17, 15) is 0 Å². The molecule has 2 nitrogen and oxygen atoms in total. The van der Waals surface area contributed by atoms with Crippen molar-refractivity contribution in [2.45, 2.75) is 61.3 Å². The molecule has 1 aliphatic rings. The van der Waals surface area contributed by atoms with Gasteiger partial charge in [-0.15, -0.1) is 0 Å². The van der Waals surface area contributed by atoms with E-state index in [-0.39, 0.29) is 0 Å². The van der Waals surface area contributed by atoms with Gasteiger partial charge >= 0.3 is 0 Å². The Morgan fingerprint density at radius 3 is 1.61 bits per heavy atom. The van der Waals surface area contributed by atoms with Gasteiger partial charge in [-0.3, -0.25) is 0 Å². The highest BCUT2D eigenvalue weighted by atomic mass is 15.1. The molecule has 0 heterocycles. The number of anilines is 2. The Balaban J connectivity index is 2.11. The summed E-state index contributed by atoms with van der Waals surface area (Å²) in [5, 5.41) is 0. The number of nitrogens with zero attached hydrogens (tertiary/aromatic N) is 2. The van der Waals surface area contributed by atoms with E-state index >= 15 is 0 Å². The molecule has 1 aliphatic carbocycles. The van der Waals surface area contributed by atoms with E-state index in [2.05, 4.69) is 101 Å². The van der Waals surface area contributed by atoms with Gasteiger partial charge in [-0.1, -0.05) is 18.2 Å². The molecular weight excluding hydrogens is 376 g/mol. The van der Waals surface area contributed by atoms with E-state index < -0.39 is 0 Å². The van der Waals surface area contributed by atoms with E-state index in [0.717, 1.165) is 39.0 Å². The van der Waals surface area contributed by atoms with Gasteiger partial charge in [0.05, 0.1) is 0 Å². The first-order chi connectivity index (χ1) is 14.9. The molecule has 0 unspecified atom stereocenters. The molecule has 0 spiro atoms. The molecule has 2 aromatic carbocycles. The van der Waals surface area contributed by atoms with Crippen LogP contribution in [0.4, 0.5) is 11.4 Å². The predicted molar refractivity (Wildman–Crippen MR) is 139 cm³/mol. The molecule has 0 aliphatic heterocycles. The maximum absolute atomic E-state index is 2.42. The summed E-state index contributed by atoms with van der Waals surface area (Å²) in [6.45, 7) is 19.9. The first-order valence-electron chi connectivity index (χ1n) is 12.1. The summed E-state index contributed by atoms with van der Waals surface area (Å²) in [4.78, 5) is 4.85. The average Bonchev–Trinajstić information content (AvgIpc) is 2.76. The van der Waals surface area contributed by atoms with E-state index in [0.29, 0.717) is 0 Å². The number of hydrogen-bond acceptors (Lipinski definition) is 2. The summed E-state index contributed by atoms with van der Waals surface area (Å²) < 4.78 is 0. The molecule has 0 N–H and O–H groups in total. The minimum Gasteiger partial charge on any atom is -0.372 e. The minimum atomic E-state index is 1.04. The molecule has 0 saturated carbocycles. The third-order valence-electron chi connectivity index (χ3n) is 6.81. The Morgan fingerprint density at radius 1 is 0.677 bits per heavy atom. The van der Waals surface area contributed by atoms with Crippen LogP contribution >= 0.6 is 0 Å². The fraction of sp³-hybridized carbons (Fsp3) is 0.448. The zero-order valence-electron chi connectivity index (χ0n) is 20.7. The van der Waals surface area contributed by atoms with Crippen molar-refractivity contribution in [3.63, 3.8) is 0 Å². The van der Waals surface area contributed by atoms with Crippen molar-refractivity contribution < 1.29 is 0 Å². The summed E-state index contributed by atoms with van der Waals surface area (Å²) in [5.74, 6) is 0. The van der Waals surface area contributed by atoms with Gasteiger partial charge in [0.1, 0.15) is 0 Å². The Hall–Kier alpha value is -2.48. The third kappa shape index (κ3) is 4.74. The van der Waals surface area contributed by atoms with Crippen LogP contribution in [0, 0.1) is 13.8 Å². The first-order valence-corrected chi connectivity index (χ1v) is 12.1. The summed E-state index contributed by atoms with van der Waals surface area (Å²) in [6.07, 6.45) is 4.64. The number of allylic oxidation sites excluding steroid dienone is 4. The van der Waals surface area contributed by atoms with Crippen molar-refractivity contribution in [3.05, 3.63) is 70.3 Å². The van der Waals surface area contributed by atoms with Gasteiger partial charge in [-0.25, -0.2) is 0 Å². The molecule has 0 radical (unpaired) electrons. The molecule has 0 fully saturated rings. The van der Waals surface area contributed by atoms with Crippen LogP contribution in [0.1, 0.15) is 69.7 Å². The summed E-state index contributed by atoms with van der Waals surface area (Å²) in [6, 6.07) is 14.1. The van der Waals surface area contributed by atoms with Crippen molar-refractivity contribution in [1.82, 2.24) is 0 Å². The van der Waals surface area contributed by atoms with Crippen molar-refractivity contribution in [2.75, 3.05) is 36.0 Å². The number of hydrogen-bond donors (Lipinski definition) is 0. The lowest BCUT2D eigenvalue weighted by molar-refractivity contribution is 0.865. The largest absolute Gasteiger partial charge is 0.372 e. The molecule has 2 aromatic rings. The molecule has 0 atom stereocenters. The maximum atomic E-state index is 2.42. The van der Waals surface area contributed by atoms with Gasteiger partial charge in [-0.2, -0.15) is 0 Å². The van der Waals surface area contributed by atoms with Crippen LogP contribution in [0.25, 0.3) is 11.1 Å². The highest BCUT2D eigenvalue weighted by molar-refractivity contribution is 6.00. The lowest BCUT2D eigenvalue weighted by Gasteiger charge is -2.27. The van der Waals surface area contributed by atoms with Crippen molar-refractivity contribution >= 4 is 22.5 Å². The van der Waals surface area contributed by atoms with Crippen LogP contribution in [0.2, 0.25) is 0 Å². The lowest BCUT2D eigenvalue weighted by atomic mass is 9.81. The average molecular weight is 417 g/mol. The topological polar surface area (TPSA) is 6.48 Å². The van der Waals surface area contributed by atoms with Gasteiger partial charge in [0.15, 0.2) is 0 Å². The SMILES string of the molecule is CCN(CC)c1ccc(C2=C(c3ccc(N(CC)CC)cc3C)C(C)=CCC2)c(C)c1. The molecule has 166 valence electrons. The van der Waals surface area contributed by atoms with E-state index in [4.69, 9.17) is 0 Å². The van der Waals surface area contributed by atoms with Crippen LogP contribution in [-0.2, 0) is 0 Å². The Bertz CT molecular complexity index is 972. The normalized spacial score (nSPS) is 14.0. The number of rotatable bonds is 8. The molecule has 3 rings (SSSR count). The standard InChI is InChI=1S/C29H40N2/c1-8-30(9-2)24-15-17-26(22(6)19-24)28-14-12-13-21(5)29(28)27-18-16-25(20-23(27)7)31(10-3)11-4/h13,15-20H,8-12,14H2,1-7H3. The van der Waals surface area contributed by atoms with Crippen LogP contribution in [0.15, 0.2) is 48.0 Å². The second-order valence-electron chi connectivity index (χ2n) is 8.62. The summed E-state index contributed by atoms with van der Waals surface area (Å²) in [5.41, 5.74) is 12.5. The Labute approximate surface area is 190 Å². The van der Waals surface area contributed by atoms with Crippen molar-refractivity contribution in [2.24, 2.45) is 0 Å². The second-order valence-corrected chi connectivity index (χ2v) is 8.62. The molecule has 0 saturated heterocycles. The molecule has 0 bridgehead atoms. The monoisotopic (exact) mass is 416 g/mol. The molecule has 0 amide bonds. The molecule has 0 aromatic heterocycles. The zero-order chi connectivity index (χ0) is 22.5. The predicted octanol–water partition coefficient (Wildman–Crippen LogP) is 7.65. The zero-order valence-corrected chi connectivity index (χ0v) is 20.7. The van der Waals surface area contributed by atoms with Crippen LogP contribution in [0.5, 0.6) is 0 Å². The van der Waals surface area contributed by atoms with Gasteiger partial charge < -0.3 is 9.80 Å². The van der Waals surface area contributed by atoms with Crippen LogP contribution < -0.4 is 9.80 Å². The summed E-state index contributed by atoms with van der Waals surface area (Å²) in [7, 11) is 0. The van der Waals surface area contributed by atoms with E-state index in [1.807, 2.05) is 0 Å².